The summed E-state index contributed by atoms with van der Waals surface area (Å²) >= 11 is 0. The molecule has 6 nitrogen and oxygen atoms in total. The normalized spacial score (nSPS) is 31.1. The molecule has 2 atom stereocenters. The zero-order valence-electron chi connectivity index (χ0n) is 13.2. The zero-order valence-corrected chi connectivity index (χ0v) is 13.2. The summed E-state index contributed by atoms with van der Waals surface area (Å²) in [7, 11) is 1.56. The first-order valence-electron chi connectivity index (χ1n) is 7.48. The number of hydrogen-bond acceptors (Lipinski definition) is 5. The van der Waals surface area contributed by atoms with E-state index in [9.17, 15) is 9.18 Å². The molecule has 7 heteroatoms. The maximum Gasteiger partial charge on any atom is 0.209 e. The number of likely N-dealkylation sites (tertiary alicyclic amines) is 1. The van der Waals surface area contributed by atoms with Crippen LogP contribution in [-0.4, -0.2) is 48.2 Å². The van der Waals surface area contributed by atoms with E-state index in [0.717, 1.165) is 12.0 Å². The Kier molecular flexibility index (Phi) is 4.08. The first-order valence-corrected chi connectivity index (χ1v) is 7.48. The van der Waals surface area contributed by atoms with E-state index in [1.54, 1.807) is 37.4 Å². The van der Waals surface area contributed by atoms with E-state index in [0.29, 0.717) is 13.1 Å². The van der Waals surface area contributed by atoms with Crippen molar-refractivity contribution in [1.29, 1.82) is 0 Å². The molecule has 0 spiro atoms. The van der Waals surface area contributed by atoms with Crippen LogP contribution < -0.4 is 5.32 Å². The minimum absolute atomic E-state index is 0.175. The number of pyridine rings is 1. The van der Waals surface area contributed by atoms with Gasteiger partial charge in [-0.3, -0.25) is 9.78 Å². The van der Waals surface area contributed by atoms with Crippen LogP contribution in [0.5, 0.6) is 0 Å². The van der Waals surface area contributed by atoms with Crippen LogP contribution in [0, 0.1) is 0 Å². The Morgan fingerprint density at radius 2 is 2.30 bits per heavy atom. The summed E-state index contributed by atoms with van der Waals surface area (Å²) in [5, 5.41) is 2.99. The van der Waals surface area contributed by atoms with Crippen LogP contribution in [0.1, 0.15) is 18.9 Å². The van der Waals surface area contributed by atoms with Crippen molar-refractivity contribution in [3.63, 3.8) is 0 Å². The van der Waals surface area contributed by atoms with Crippen molar-refractivity contribution in [3.8, 4) is 0 Å². The van der Waals surface area contributed by atoms with Gasteiger partial charge in [0.05, 0.1) is 6.10 Å². The van der Waals surface area contributed by atoms with Crippen LogP contribution in [0.3, 0.4) is 0 Å². The molecule has 0 aromatic carbocycles. The SMILES string of the molecule is COC1(c2cccnc2)CC(C)(OC2CN(C=O)C2)C(F)=CN1. The summed E-state index contributed by atoms with van der Waals surface area (Å²) in [5.74, 6) is -0.390. The molecule has 0 bridgehead atoms. The topological polar surface area (TPSA) is 63.7 Å². The predicted molar refractivity (Wildman–Crippen MR) is 80.8 cm³/mol. The summed E-state index contributed by atoms with van der Waals surface area (Å²) in [5.41, 5.74) is -1.24. The molecule has 124 valence electrons. The molecular weight excluding hydrogens is 301 g/mol. The van der Waals surface area contributed by atoms with Crippen molar-refractivity contribution < 1.29 is 18.7 Å². The number of halogens is 1. The fourth-order valence-corrected chi connectivity index (χ4v) is 3.08. The smallest absolute Gasteiger partial charge is 0.209 e. The lowest BCUT2D eigenvalue weighted by Gasteiger charge is -2.47. The number of aromatic nitrogens is 1. The quantitative estimate of drug-likeness (QED) is 0.828. The Labute approximate surface area is 134 Å². The number of rotatable bonds is 5. The molecule has 2 unspecified atom stereocenters. The molecule has 3 heterocycles. The van der Waals surface area contributed by atoms with Gasteiger partial charge in [-0.2, -0.15) is 0 Å². The Balaban J connectivity index is 1.82. The van der Waals surface area contributed by atoms with Gasteiger partial charge in [0, 0.05) is 50.8 Å². The van der Waals surface area contributed by atoms with Crippen LogP contribution in [0.15, 0.2) is 36.6 Å². The van der Waals surface area contributed by atoms with Crippen molar-refractivity contribution in [1.82, 2.24) is 15.2 Å². The van der Waals surface area contributed by atoms with Crippen LogP contribution in [0.25, 0.3) is 0 Å². The third kappa shape index (κ3) is 2.82. The van der Waals surface area contributed by atoms with Gasteiger partial charge >= 0.3 is 0 Å². The summed E-state index contributed by atoms with van der Waals surface area (Å²) in [6.07, 6.45) is 5.49. The van der Waals surface area contributed by atoms with Gasteiger partial charge in [0.2, 0.25) is 6.41 Å². The van der Waals surface area contributed by atoms with E-state index in [-0.39, 0.29) is 12.5 Å². The van der Waals surface area contributed by atoms with Crippen LogP contribution in [0.2, 0.25) is 0 Å². The molecule has 0 radical (unpaired) electrons. The predicted octanol–water partition coefficient (Wildman–Crippen LogP) is 1.30. The second-order valence-electron chi connectivity index (χ2n) is 6.12. The monoisotopic (exact) mass is 321 g/mol. The summed E-state index contributed by atoms with van der Waals surface area (Å²) in [6, 6.07) is 3.68. The molecule has 1 saturated heterocycles. The summed E-state index contributed by atoms with van der Waals surface area (Å²) in [6.45, 7) is 2.66. The fraction of sp³-hybridized carbons (Fsp3) is 0.500. The Morgan fingerprint density at radius 3 is 2.91 bits per heavy atom. The molecule has 1 N–H and O–H groups in total. The van der Waals surface area contributed by atoms with E-state index in [2.05, 4.69) is 10.3 Å². The fourth-order valence-electron chi connectivity index (χ4n) is 3.08. The third-order valence-corrected chi connectivity index (χ3v) is 4.45. The van der Waals surface area contributed by atoms with Gasteiger partial charge in [-0.25, -0.2) is 4.39 Å². The zero-order chi connectivity index (χ0) is 16.5. The van der Waals surface area contributed by atoms with Gasteiger partial charge in [-0.05, 0) is 13.0 Å². The highest BCUT2D eigenvalue weighted by Crippen LogP contribution is 2.42. The highest BCUT2D eigenvalue weighted by molar-refractivity contribution is 5.48. The number of nitrogens with zero attached hydrogens (tertiary/aromatic N) is 2. The lowest BCUT2D eigenvalue weighted by Crippen LogP contribution is -2.58. The van der Waals surface area contributed by atoms with Gasteiger partial charge in [0.15, 0.2) is 5.72 Å². The maximum absolute atomic E-state index is 14.4. The lowest BCUT2D eigenvalue weighted by molar-refractivity contribution is -0.176. The van der Waals surface area contributed by atoms with E-state index >= 15 is 0 Å². The van der Waals surface area contributed by atoms with Gasteiger partial charge in [0.25, 0.3) is 0 Å². The standard InChI is InChI=1S/C16H20FN3O3/c1-15(23-13-8-20(9-13)11-21)10-16(22-2,19-7-14(15)17)12-4-3-5-18-6-12/h3-7,11,13,19H,8-10H2,1-2H3. The second kappa shape index (κ2) is 5.90. The van der Waals surface area contributed by atoms with E-state index in [1.165, 1.54) is 6.20 Å². The van der Waals surface area contributed by atoms with Crippen molar-refractivity contribution in [2.45, 2.75) is 30.8 Å². The molecule has 1 amide bonds. The third-order valence-electron chi connectivity index (χ3n) is 4.45. The highest BCUT2D eigenvalue weighted by Gasteiger charge is 2.49. The van der Waals surface area contributed by atoms with Crippen LogP contribution in [0.4, 0.5) is 4.39 Å². The molecule has 2 aliphatic rings. The lowest BCUT2D eigenvalue weighted by atomic mass is 9.85. The minimum Gasteiger partial charge on any atom is -0.361 e. The van der Waals surface area contributed by atoms with Gasteiger partial charge < -0.3 is 19.7 Å². The first kappa shape index (κ1) is 15.9. The van der Waals surface area contributed by atoms with E-state index in [4.69, 9.17) is 9.47 Å². The molecular formula is C16H20FN3O3. The molecule has 0 aliphatic carbocycles. The number of nitrogens with one attached hydrogen (secondary N) is 1. The summed E-state index contributed by atoms with van der Waals surface area (Å²) in [4.78, 5) is 16.3. The number of ether oxygens (including phenoxy) is 2. The van der Waals surface area contributed by atoms with Crippen LogP contribution in [-0.2, 0) is 20.0 Å². The number of methoxy groups -OCH3 is 1. The number of amides is 1. The Bertz CT molecular complexity index is 606. The average molecular weight is 321 g/mol. The van der Waals surface area contributed by atoms with E-state index < -0.39 is 17.2 Å². The molecule has 23 heavy (non-hydrogen) atoms. The van der Waals surface area contributed by atoms with Gasteiger partial charge in [-0.1, -0.05) is 6.07 Å². The second-order valence-corrected chi connectivity index (χ2v) is 6.12. The van der Waals surface area contributed by atoms with Crippen molar-refractivity contribution in [2.24, 2.45) is 0 Å². The highest BCUT2D eigenvalue weighted by atomic mass is 19.1. The Morgan fingerprint density at radius 1 is 1.52 bits per heavy atom. The first-order chi connectivity index (χ1) is 11.0. The molecule has 2 aliphatic heterocycles. The molecule has 1 fully saturated rings. The minimum atomic E-state index is -1.13. The van der Waals surface area contributed by atoms with E-state index in [1.807, 2.05) is 6.07 Å². The molecule has 0 saturated carbocycles. The van der Waals surface area contributed by atoms with Crippen molar-refractivity contribution in [2.75, 3.05) is 20.2 Å². The molecule has 3 rings (SSSR count). The van der Waals surface area contributed by atoms with Crippen molar-refractivity contribution >= 4 is 6.41 Å². The average Bonchev–Trinajstić information content (AvgIpc) is 2.54. The summed E-state index contributed by atoms with van der Waals surface area (Å²) < 4.78 is 26.1. The molecule has 1 aromatic rings. The van der Waals surface area contributed by atoms with Gasteiger partial charge in [-0.15, -0.1) is 0 Å². The number of hydrogen-bond donors (Lipinski definition) is 1. The molecule has 1 aromatic heterocycles. The van der Waals surface area contributed by atoms with Crippen molar-refractivity contribution in [3.05, 3.63) is 42.1 Å². The number of carbonyl (C=O) groups is 1. The Hall–Kier alpha value is -1.99. The number of carbonyl (C=O) groups excluding carboxylic acids is 1. The van der Waals surface area contributed by atoms with Gasteiger partial charge in [0.1, 0.15) is 11.4 Å². The van der Waals surface area contributed by atoms with Crippen LogP contribution >= 0.6 is 0 Å². The maximum atomic E-state index is 14.4. The largest absolute Gasteiger partial charge is 0.361 e.